The second-order valence-corrected chi connectivity index (χ2v) is 9.88. The molecule has 2 unspecified atom stereocenters. The maximum Gasteiger partial charge on any atom is 0.0295 e. The van der Waals surface area contributed by atoms with Gasteiger partial charge in [-0.15, -0.1) is 11.8 Å². The molecule has 0 aliphatic rings. The molecule has 30 heavy (non-hydrogen) atoms. The van der Waals surface area contributed by atoms with E-state index in [4.69, 9.17) is 0 Å². The number of hydrogen-bond donors (Lipinski definition) is 1. The second-order valence-electron chi connectivity index (χ2n) is 8.74. The Morgan fingerprint density at radius 1 is 1.00 bits per heavy atom. The van der Waals surface area contributed by atoms with Crippen LogP contribution >= 0.6 is 11.8 Å². The van der Waals surface area contributed by atoms with Crippen LogP contribution in [0.5, 0.6) is 0 Å². The van der Waals surface area contributed by atoms with Crippen LogP contribution < -0.4 is 5.32 Å². The van der Waals surface area contributed by atoms with Crippen molar-refractivity contribution in [3.63, 3.8) is 0 Å². The molecule has 0 saturated heterocycles. The predicted octanol–water partition coefficient (Wildman–Crippen LogP) is 8.20. The van der Waals surface area contributed by atoms with E-state index in [0.29, 0.717) is 12.0 Å². The number of thioether (sulfide) groups is 1. The van der Waals surface area contributed by atoms with E-state index in [1.165, 1.54) is 70.7 Å². The fraction of sp³-hybridized carbons (Fsp3) is 0.500. The van der Waals surface area contributed by atoms with Crippen LogP contribution in [0.2, 0.25) is 0 Å². The molecule has 2 atom stereocenters. The standard InChI is InChI=1S/C28H41NS/c1-7-19-30-28-18-17-27(20-22(28)3)24(5)25(6)29-23(4)11-9-8-10-12-26-15-13-21(2)14-16-26/h13-18,20,24-25,29H,4,7-12,19H2,1-3,5-6H3. The molecule has 0 aliphatic carbocycles. The van der Waals surface area contributed by atoms with Crippen molar-refractivity contribution < 1.29 is 0 Å². The van der Waals surface area contributed by atoms with Crippen LogP contribution in [0.1, 0.15) is 81.0 Å². The molecule has 2 aromatic carbocycles. The van der Waals surface area contributed by atoms with Crippen molar-refractivity contribution in [2.75, 3.05) is 5.75 Å². The van der Waals surface area contributed by atoms with E-state index in [9.17, 15) is 0 Å². The lowest BCUT2D eigenvalue weighted by atomic mass is 9.93. The maximum absolute atomic E-state index is 4.29. The molecule has 2 aromatic rings. The summed E-state index contributed by atoms with van der Waals surface area (Å²) in [5.41, 5.74) is 6.79. The monoisotopic (exact) mass is 423 g/mol. The van der Waals surface area contributed by atoms with Gasteiger partial charge in [0, 0.05) is 22.6 Å². The summed E-state index contributed by atoms with van der Waals surface area (Å²) in [4.78, 5) is 1.42. The lowest BCUT2D eigenvalue weighted by Gasteiger charge is -2.24. The molecule has 2 rings (SSSR count). The molecule has 164 valence electrons. The van der Waals surface area contributed by atoms with Crippen LogP contribution in [0, 0.1) is 13.8 Å². The van der Waals surface area contributed by atoms with Crippen molar-refractivity contribution >= 4 is 11.8 Å². The van der Waals surface area contributed by atoms with Crippen molar-refractivity contribution in [1.82, 2.24) is 5.32 Å². The number of unbranched alkanes of at least 4 members (excludes halogenated alkanes) is 2. The van der Waals surface area contributed by atoms with Crippen LogP contribution in [0.3, 0.4) is 0 Å². The van der Waals surface area contributed by atoms with E-state index < -0.39 is 0 Å². The summed E-state index contributed by atoms with van der Waals surface area (Å²) in [7, 11) is 0. The van der Waals surface area contributed by atoms with Gasteiger partial charge in [-0.05, 0) is 81.4 Å². The van der Waals surface area contributed by atoms with Crippen molar-refractivity contribution in [1.29, 1.82) is 0 Å². The van der Waals surface area contributed by atoms with E-state index in [1.54, 1.807) is 0 Å². The minimum Gasteiger partial charge on any atom is -0.386 e. The Kier molecular flexibility index (Phi) is 10.6. The fourth-order valence-electron chi connectivity index (χ4n) is 3.74. The summed E-state index contributed by atoms with van der Waals surface area (Å²) in [6, 6.07) is 16.3. The van der Waals surface area contributed by atoms with Crippen LogP contribution in [0.4, 0.5) is 0 Å². The zero-order valence-electron chi connectivity index (χ0n) is 19.8. The highest BCUT2D eigenvalue weighted by Crippen LogP contribution is 2.28. The highest BCUT2D eigenvalue weighted by atomic mass is 32.2. The van der Waals surface area contributed by atoms with Crippen LogP contribution in [-0.2, 0) is 6.42 Å². The first-order chi connectivity index (χ1) is 14.4. The quantitative estimate of drug-likeness (QED) is 0.257. The highest BCUT2D eigenvalue weighted by Gasteiger charge is 2.15. The molecule has 0 saturated carbocycles. The molecule has 1 nitrogen and oxygen atoms in total. The minimum atomic E-state index is 0.388. The molecule has 0 aliphatic heterocycles. The molecule has 0 amide bonds. The van der Waals surface area contributed by atoms with Gasteiger partial charge in [0.15, 0.2) is 0 Å². The van der Waals surface area contributed by atoms with Gasteiger partial charge in [-0.3, -0.25) is 0 Å². The number of aryl methyl sites for hydroxylation is 3. The second kappa shape index (κ2) is 12.9. The van der Waals surface area contributed by atoms with E-state index in [-0.39, 0.29) is 0 Å². The summed E-state index contributed by atoms with van der Waals surface area (Å²) >= 11 is 1.97. The maximum atomic E-state index is 4.29. The van der Waals surface area contributed by atoms with Gasteiger partial charge < -0.3 is 5.32 Å². The lowest BCUT2D eigenvalue weighted by Crippen LogP contribution is -2.30. The Balaban J connectivity index is 1.71. The molecule has 0 heterocycles. The first kappa shape index (κ1) is 24.6. The van der Waals surface area contributed by atoms with Crippen molar-refractivity contribution in [2.45, 2.75) is 90.0 Å². The zero-order valence-corrected chi connectivity index (χ0v) is 20.6. The van der Waals surface area contributed by atoms with Crippen LogP contribution in [-0.4, -0.2) is 11.8 Å². The molecule has 0 radical (unpaired) electrons. The summed E-state index contributed by atoms with van der Waals surface area (Å²) < 4.78 is 0. The minimum absolute atomic E-state index is 0.388. The average molecular weight is 424 g/mol. The Bertz CT molecular complexity index is 778. The Hall–Kier alpha value is -1.67. The normalized spacial score (nSPS) is 13.1. The van der Waals surface area contributed by atoms with Gasteiger partial charge in [-0.25, -0.2) is 0 Å². The molecule has 0 bridgehead atoms. The van der Waals surface area contributed by atoms with Gasteiger partial charge in [0.25, 0.3) is 0 Å². The number of allylic oxidation sites excluding steroid dienone is 1. The fourth-order valence-corrected chi connectivity index (χ4v) is 4.61. The third-order valence-electron chi connectivity index (χ3n) is 5.93. The Labute approximate surface area is 189 Å². The number of nitrogens with one attached hydrogen (secondary N) is 1. The smallest absolute Gasteiger partial charge is 0.0295 e. The lowest BCUT2D eigenvalue weighted by molar-refractivity contribution is 0.510. The topological polar surface area (TPSA) is 12.0 Å². The van der Waals surface area contributed by atoms with Gasteiger partial charge in [0.2, 0.25) is 0 Å². The van der Waals surface area contributed by atoms with Gasteiger partial charge >= 0.3 is 0 Å². The van der Waals surface area contributed by atoms with E-state index in [0.717, 1.165) is 6.42 Å². The van der Waals surface area contributed by atoms with Gasteiger partial charge in [-0.2, -0.15) is 0 Å². The Morgan fingerprint density at radius 3 is 2.40 bits per heavy atom. The summed E-state index contributed by atoms with van der Waals surface area (Å²) in [6.07, 6.45) is 7.19. The van der Waals surface area contributed by atoms with Crippen LogP contribution in [0.15, 0.2) is 59.6 Å². The van der Waals surface area contributed by atoms with Gasteiger partial charge in [0.1, 0.15) is 0 Å². The summed E-state index contributed by atoms with van der Waals surface area (Å²) in [5.74, 6) is 1.66. The third-order valence-corrected chi connectivity index (χ3v) is 7.31. The van der Waals surface area contributed by atoms with Crippen molar-refractivity contribution in [3.8, 4) is 0 Å². The largest absolute Gasteiger partial charge is 0.386 e. The van der Waals surface area contributed by atoms with Crippen molar-refractivity contribution in [3.05, 3.63) is 77.0 Å². The van der Waals surface area contributed by atoms with Crippen molar-refractivity contribution in [2.24, 2.45) is 0 Å². The zero-order chi connectivity index (χ0) is 21.9. The molecule has 0 aromatic heterocycles. The van der Waals surface area contributed by atoms with E-state index in [2.05, 4.69) is 89.0 Å². The van der Waals surface area contributed by atoms with Gasteiger partial charge in [0.05, 0.1) is 0 Å². The SMILES string of the molecule is C=C(CCCCCc1ccc(C)cc1)NC(C)C(C)c1ccc(SCCC)c(C)c1. The third kappa shape index (κ3) is 8.22. The first-order valence-electron chi connectivity index (χ1n) is 11.6. The molecule has 0 spiro atoms. The summed E-state index contributed by atoms with van der Waals surface area (Å²) in [5, 5.41) is 3.66. The van der Waals surface area contributed by atoms with E-state index >= 15 is 0 Å². The number of hydrogen-bond acceptors (Lipinski definition) is 2. The molecular weight excluding hydrogens is 382 g/mol. The highest BCUT2D eigenvalue weighted by molar-refractivity contribution is 7.99. The number of benzene rings is 2. The van der Waals surface area contributed by atoms with E-state index in [1.807, 2.05) is 11.8 Å². The first-order valence-corrected chi connectivity index (χ1v) is 12.6. The average Bonchev–Trinajstić information content (AvgIpc) is 2.73. The molecular formula is C28H41NS. The van der Waals surface area contributed by atoms with Gasteiger partial charge in [-0.1, -0.05) is 68.8 Å². The molecule has 2 heteroatoms. The summed E-state index contributed by atoms with van der Waals surface area (Å²) in [6.45, 7) is 15.5. The molecule has 1 N–H and O–H groups in total. The van der Waals surface area contributed by atoms with Crippen LogP contribution in [0.25, 0.3) is 0 Å². The Morgan fingerprint density at radius 2 is 1.73 bits per heavy atom. The predicted molar refractivity (Wildman–Crippen MR) is 136 cm³/mol. The number of rotatable bonds is 13. The molecule has 0 fully saturated rings.